The highest BCUT2D eigenvalue weighted by Crippen LogP contribution is 2.32. The molecule has 168 valence electrons. The molecule has 1 aromatic carbocycles. The van der Waals surface area contributed by atoms with Crippen molar-refractivity contribution in [2.45, 2.75) is 31.4 Å². The Morgan fingerprint density at radius 3 is 2.52 bits per heavy atom. The predicted octanol–water partition coefficient (Wildman–Crippen LogP) is 1.88. The quantitative estimate of drug-likeness (QED) is 0.595. The van der Waals surface area contributed by atoms with Crippen LogP contribution in [-0.2, 0) is 30.9 Å². The van der Waals surface area contributed by atoms with Gasteiger partial charge in [0.15, 0.2) is 17.3 Å². The van der Waals surface area contributed by atoms with E-state index < -0.39 is 33.9 Å². The molecule has 0 fully saturated rings. The molecule has 0 aliphatic carbocycles. The molecule has 0 radical (unpaired) electrons. The Labute approximate surface area is 179 Å². The molecular formula is C20H23NO9S. The van der Waals surface area contributed by atoms with Gasteiger partial charge in [-0.25, -0.2) is 13.2 Å². The number of carbonyl (C=O) groups is 2. The number of nitrogens with one attached hydrogen (secondary N) is 1. The molecule has 1 unspecified atom stereocenters. The van der Waals surface area contributed by atoms with E-state index in [4.69, 9.17) is 18.6 Å². The Kier molecular flexibility index (Phi) is 6.86. The summed E-state index contributed by atoms with van der Waals surface area (Å²) in [5.41, 5.74) is 0.119. The van der Waals surface area contributed by atoms with Crippen LogP contribution in [0.1, 0.15) is 30.0 Å². The summed E-state index contributed by atoms with van der Waals surface area (Å²) >= 11 is 0. The maximum atomic E-state index is 12.9. The average molecular weight is 453 g/mol. The lowest BCUT2D eigenvalue weighted by atomic mass is 10.1. The van der Waals surface area contributed by atoms with Crippen molar-refractivity contribution in [2.24, 2.45) is 5.92 Å². The summed E-state index contributed by atoms with van der Waals surface area (Å²) in [6.45, 7) is 3.68. The third kappa shape index (κ3) is 5.17. The van der Waals surface area contributed by atoms with E-state index in [0.29, 0.717) is 24.7 Å². The van der Waals surface area contributed by atoms with Crippen LogP contribution in [0.5, 0.6) is 11.5 Å². The van der Waals surface area contributed by atoms with E-state index in [-0.39, 0.29) is 22.8 Å². The third-order valence-corrected chi connectivity index (χ3v) is 5.96. The van der Waals surface area contributed by atoms with Gasteiger partial charge in [-0.2, -0.15) is 4.72 Å². The first-order chi connectivity index (χ1) is 14.7. The lowest BCUT2D eigenvalue weighted by Crippen LogP contribution is -2.45. The topological polar surface area (TPSA) is 130 Å². The standard InChI is InChI=1S/C20H23NO9S/c1-12(2)18(20(23)30-11-17-14(6-7-27-17)19(22)26-3)21-31(24,25)13-4-5-15-16(10-13)29-9-8-28-15/h4-7,10,12,18,21H,8-9,11H2,1-3H3. The fourth-order valence-corrected chi connectivity index (χ4v) is 4.20. The number of ether oxygens (including phenoxy) is 4. The minimum atomic E-state index is -4.06. The second kappa shape index (κ2) is 9.40. The number of hydrogen-bond donors (Lipinski definition) is 1. The molecule has 2 heterocycles. The number of fused-ring (bicyclic) bond motifs is 1. The summed E-state index contributed by atoms with van der Waals surface area (Å²) in [6.07, 6.45) is 1.26. The summed E-state index contributed by atoms with van der Waals surface area (Å²) in [5.74, 6) is -1.02. The van der Waals surface area contributed by atoms with Crippen molar-refractivity contribution in [3.63, 3.8) is 0 Å². The van der Waals surface area contributed by atoms with Gasteiger partial charge in [-0.1, -0.05) is 13.8 Å². The van der Waals surface area contributed by atoms with Crippen molar-refractivity contribution in [1.29, 1.82) is 0 Å². The van der Waals surface area contributed by atoms with Gasteiger partial charge in [0.05, 0.1) is 18.3 Å². The number of sulfonamides is 1. The van der Waals surface area contributed by atoms with E-state index in [1.165, 1.54) is 37.6 Å². The summed E-state index contributed by atoms with van der Waals surface area (Å²) in [4.78, 5) is 24.2. The first kappa shape index (κ1) is 22.6. The van der Waals surface area contributed by atoms with Crippen molar-refractivity contribution in [1.82, 2.24) is 4.72 Å². The minimum absolute atomic E-state index is 0.0748. The van der Waals surface area contributed by atoms with Crippen molar-refractivity contribution in [3.05, 3.63) is 41.9 Å². The monoisotopic (exact) mass is 453 g/mol. The Hall–Kier alpha value is -3.05. The van der Waals surface area contributed by atoms with Crippen LogP contribution in [0.4, 0.5) is 0 Å². The van der Waals surface area contributed by atoms with Crippen molar-refractivity contribution in [3.8, 4) is 11.5 Å². The molecule has 0 amide bonds. The van der Waals surface area contributed by atoms with Crippen LogP contribution in [0, 0.1) is 5.92 Å². The van der Waals surface area contributed by atoms with E-state index in [1.54, 1.807) is 13.8 Å². The fourth-order valence-electron chi connectivity index (χ4n) is 2.85. The van der Waals surface area contributed by atoms with Gasteiger partial charge in [0.25, 0.3) is 0 Å². The van der Waals surface area contributed by atoms with Crippen molar-refractivity contribution < 1.29 is 41.4 Å². The number of methoxy groups -OCH3 is 1. The van der Waals surface area contributed by atoms with Crippen LogP contribution < -0.4 is 14.2 Å². The number of benzene rings is 1. The molecule has 0 saturated heterocycles. The summed E-state index contributed by atoms with van der Waals surface area (Å²) < 4.78 is 53.9. The largest absolute Gasteiger partial charge is 0.486 e. The fraction of sp³-hybridized carbons (Fsp3) is 0.400. The maximum Gasteiger partial charge on any atom is 0.341 e. The zero-order chi connectivity index (χ0) is 22.6. The highest BCUT2D eigenvalue weighted by atomic mass is 32.2. The molecule has 0 bridgehead atoms. The molecular weight excluding hydrogens is 430 g/mol. The first-order valence-electron chi connectivity index (χ1n) is 9.46. The Bertz CT molecular complexity index is 1060. The molecule has 1 aliphatic heterocycles. The van der Waals surface area contributed by atoms with Gasteiger partial charge >= 0.3 is 11.9 Å². The van der Waals surface area contributed by atoms with Crippen molar-refractivity contribution >= 4 is 22.0 Å². The summed E-state index contributed by atoms with van der Waals surface area (Å²) in [6, 6.07) is 4.42. The number of hydrogen-bond acceptors (Lipinski definition) is 9. The lowest BCUT2D eigenvalue weighted by molar-refractivity contribution is -0.148. The van der Waals surface area contributed by atoms with E-state index in [1.807, 2.05) is 0 Å². The first-order valence-corrected chi connectivity index (χ1v) is 10.9. The second-order valence-corrected chi connectivity index (χ2v) is 8.72. The van der Waals surface area contributed by atoms with Gasteiger partial charge < -0.3 is 23.4 Å². The van der Waals surface area contributed by atoms with E-state index in [2.05, 4.69) is 9.46 Å². The molecule has 1 aromatic heterocycles. The van der Waals surface area contributed by atoms with Gasteiger partial charge in [0.2, 0.25) is 10.0 Å². The normalized spacial score (nSPS) is 14.2. The van der Waals surface area contributed by atoms with E-state index in [9.17, 15) is 18.0 Å². The highest BCUT2D eigenvalue weighted by molar-refractivity contribution is 7.89. The number of rotatable bonds is 8. The zero-order valence-electron chi connectivity index (χ0n) is 17.2. The second-order valence-electron chi connectivity index (χ2n) is 7.01. The Morgan fingerprint density at radius 1 is 1.13 bits per heavy atom. The molecule has 2 aromatic rings. The predicted molar refractivity (Wildman–Crippen MR) is 106 cm³/mol. The van der Waals surface area contributed by atoms with Crippen molar-refractivity contribution in [2.75, 3.05) is 20.3 Å². The van der Waals surface area contributed by atoms with Gasteiger partial charge in [-0.3, -0.25) is 4.79 Å². The maximum absolute atomic E-state index is 12.9. The van der Waals surface area contributed by atoms with Crippen LogP contribution in [0.25, 0.3) is 0 Å². The number of esters is 2. The van der Waals surface area contributed by atoms with Gasteiger partial charge in [0, 0.05) is 6.07 Å². The molecule has 10 nitrogen and oxygen atoms in total. The summed E-state index contributed by atoms with van der Waals surface area (Å²) in [5, 5.41) is 0. The number of furan rings is 1. The van der Waals surface area contributed by atoms with Crippen LogP contribution in [0.2, 0.25) is 0 Å². The van der Waals surface area contributed by atoms with Gasteiger partial charge in [-0.15, -0.1) is 0 Å². The smallest absolute Gasteiger partial charge is 0.341 e. The molecule has 1 atom stereocenters. The third-order valence-electron chi connectivity index (χ3n) is 4.52. The van der Waals surface area contributed by atoms with Crippen LogP contribution >= 0.6 is 0 Å². The van der Waals surface area contributed by atoms with E-state index in [0.717, 1.165) is 0 Å². The Balaban J connectivity index is 1.72. The molecule has 1 N–H and O–H groups in total. The summed E-state index contributed by atoms with van der Waals surface area (Å²) in [7, 11) is -2.85. The molecule has 0 saturated carbocycles. The average Bonchev–Trinajstić information content (AvgIpc) is 3.23. The SMILES string of the molecule is COC(=O)c1ccoc1COC(=O)C(NS(=O)(=O)c1ccc2c(c1)OCCO2)C(C)C. The highest BCUT2D eigenvalue weighted by Gasteiger charge is 2.31. The molecule has 11 heteroatoms. The molecule has 31 heavy (non-hydrogen) atoms. The minimum Gasteiger partial charge on any atom is -0.486 e. The van der Waals surface area contributed by atoms with Crippen LogP contribution in [0.3, 0.4) is 0 Å². The van der Waals surface area contributed by atoms with E-state index >= 15 is 0 Å². The molecule has 3 rings (SSSR count). The zero-order valence-corrected chi connectivity index (χ0v) is 18.1. The molecule has 0 spiro atoms. The Morgan fingerprint density at radius 2 is 1.84 bits per heavy atom. The van der Waals surface area contributed by atoms with Crippen LogP contribution in [0.15, 0.2) is 39.8 Å². The van der Waals surface area contributed by atoms with Crippen LogP contribution in [-0.4, -0.2) is 46.7 Å². The van der Waals surface area contributed by atoms with Gasteiger partial charge in [-0.05, 0) is 24.1 Å². The number of carbonyl (C=O) groups excluding carboxylic acids is 2. The van der Waals surface area contributed by atoms with Gasteiger partial charge in [0.1, 0.15) is 31.4 Å². The lowest BCUT2D eigenvalue weighted by Gasteiger charge is -2.22. The molecule has 1 aliphatic rings.